The molecule has 0 saturated carbocycles. The molecule has 0 atom stereocenters. The van der Waals surface area contributed by atoms with Crippen LogP contribution in [-0.2, 0) is 0 Å². The van der Waals surface area contributed by atoms with E-state index in [-0.39, 0.29) is 18.1 Å². The summed E-state index contributed by atoms with van der Waals surface area (Å²) in [6, 6.07) is 7.47. The molecule has 1 aromatic carbocycles. The number of aliphatic hydroxyl groups is 1. The van der Waals surface area contributed by atoms with Gasteiger partial charge in [0, 0.05) is 16.6 Å². The standard InChI is InChI=1S/C16H17N3O2S/c1-9-10(2)22-16(18-9)14-13(20)8-19(15(14)17)11-5-4-6-12(7-11)21-3/h4-7,17,20H,8H2,1-3H3. The minimum Gasteiger partial charge on any atom is -0.510 e. The number of hydrogen-bond acceptors (Lipinski definition) is 5. The summed E-state index contributed by atoms with van der Waals surface area (Å²) < 4.78 is 5.22. The van der Waals surface area contributed by atoms with Crippen molar-refractivity contribution in [3.05, 3.63) is 45.6 Å². The van der Waals surface area contributed by atoms with Gasteiger partial charge in [-0.2, -0.15) is 0 Å². The predicted octanol–water partition coefficient (Wildman–Crippen LogP) is 3.54. The monoisotopic (exact) mass is 315 g/mol. The number of ether oxygens (including phenoxy) is 1. The van der Waals surface area contributed by atoms with Gasteiger partial charge in [-0.25, -0.2) is 4.98 Å². The van der Waals surface area contributed by atoms with Crippen molar-refractivity contribution in [2.75, 3.05) is 18.6 Å². The van der Waals surface area contributed by atoms with Gasteiger partial charge in [0.25, 0.3) is 0 Å². The number of methoxy groups -OCH3 is 1. The molecule has 0 radical (unpaired) electrons. The van der Waals surface area contributed by atoms with Crippen molar-refractivity contribution >= 4 is 28.4 Å². The number of hydrogen-bond donors (Lipinski definition) is 2. The fourth-order valence-electron chi connectivity index (χ4n) is 2.38. The van der Waals surface area contributed by atoms with E-state index in [1.54, 1.807) is 12.0 Å². The maximum atomic E-state index is 10.3. The number of benzene rings is 1. The van der Waals surface area contributed by atoms with E-state index in [2.05, 4.69) is 4.98 Å². The van der Waals surface area contributed by atoms with Gasteiger partial charge in [0.05, 0.1) is 24.9 Å². The number of anilines is 1. The molecule has 1 aliphatic rings. The third-order valence-electron chi connectivity index (χ3n) is 3.71. The molecule has 6 heteroatoms. The number of nitrogens with one attached hydrogen (secondary N) is 1. The number of thiazole rings is 1. The first-order chi connectivity index (χ1) is 10.5. The Morgan fingerprint density at radius 2 is 2.14 bits per heavy atom. The first-order valence-electron chi connectivity index (χ1n) is 6.88. The molecule has 2 N–H and O–H groups in total. The number of amidine groups is 1. The summed E-state index contributed by atoms with van der Waals surface area (Å²) in [6.07, 6.45) is 0. The van der Waals surface area contributed by atoms with E-state index in [9.17, 15) is 5.11 Å². The van der Waals surface area contributed by atoms with Crippen molar-refractivity contribution in [3.8, 4) is 5.75 Å². The highest BCUT2D eigenvalue weighted by Crippen LogP contribution is 2.34. The molecule has 2 aromatic rings. The quantitative estimate of drug-likeness (QED) is 0.909. The first-order valence-corrected chi connectivity index (χ1v) is 7.70. The molecule has 22 heavy (non-hydrogen) atoms. The summed E-state index contributed by atoms with van der Waals surface area (Å²) in [5, 5.41) is 19.4. The highest BCUT2D eigenvalue weighted by Gasteiger charge is 2.31. The molecule has 0 unspecified atom stereocenters. The second-order valence-corrected chi connectivity index (χ2v) is 6.32. The van der Waals surface area contributed by atoms with Crippen LogP contribution >= 0.6 is 11.3 Å². The molecule has 0 spiro atoms. The fraction of sp³-hybridized carbons (Fsp3) is 0.250. The number of rotatable bonds is 3. The third-order valence-corrected chi connectivity index (χ3v) is 4.80. The van der Waals surface area contributed by atoms with E-state index < -0.39 is 0 Å². The van der Waals surface area contributed by atoms with Crippen molar-refractivity contribution in [3.63, 3.8) is 0 Å². The summed E-state index contributed by atoms with van der Waals surface area (Å²) >= 11 is 1.50. The molecule has 0 aliphatic carbocycles. The lowest BCUT2D eigenvalue weighted by molar-refractivity contribution is 0.410. The van der Waals surface area contributed by atoms with Crippen LogP contribution in [-0.4, -0.2) is 29.6 Å². The van der Waals surface area contributed by atoms with Crippen molar-refractivity contribution in [2.45, 2.75) is 13.8 Å². The lowest BCUT2D eigenvalue weighted by Crippen LogP contribution is -2.25. The Kier molecular flexibility index (Phi) is 3.62. The SMILES string of the molecule is COc1cccc(N2CC(O)=C(c3nc(C)c(C)s3)C2=N)c1. The Morgan fingerprint density at radius 1 is 1.36 bits per heavy atom. The van der Waals surface area contributed by atoms with E-state index in [0.717, 1.165) is 22.0 Å². The van der Waals surface area contributed by atoms with Gasteiger partial charge in [-0.3, -0.25) is 5.41 Å². The number of nitrogens with zero attached hydrogens (tertiary/aromatic N) is 2. The largest absolute Gasteiger partial charge is 0.510 e. The molecule has 5 nitrogen and oxygen atoms in total. The number of aromatic nitrogens is 1. The summed E-state index contributed by atoms with van der Waals surface area (Å²) in [6.45, 7) is 4.21. The average molecular weight is 315 g/mol. The lowest BCUT2D eigenvalue weighted by atomic mass is 10.2. The normalized spacial score (nSPS) is 14.9. The lowest BCUT2D eigenvalue weighted by Gasteiger charge is -2.19. The van der Waals surface area contributed by atoms with E-state index in [1.807, 2.05) is 38.1 Å². The van der Waals surface area contributed by atoms with Gasteiger partial charge in [-0.15, -0.1) is 11.3 Å². The Balaban J connectivity index is 1.95. The molecule has 2 heterocycles. The maximum Gasteiger partial charge on any atom is 0.139 e. The van der Waals surface area contributed by atoms with E-state index in [0.29, 0.717) is 10.6 Å². The highest BCUT2D eigenvalue weighted by molar-refractivity contribution is 7.13. The van der Waals surface area contributed by atoms with Gasteiger partial charge in [0.15, 0.2) is 0 Å². The van der Waals surface area contributed by atoms with Crippen LogP contribution < -0.4 is 9.64 Å². The summed E-state index contributed by atoms with van der Waals surface area (Å²) in [4.78, 5) is 7.31. The molecular weight excluding hydrogens is 298 g/mol. The third kappa shape index (κ3) is 2.35. The smallest absolute Gasteiger partial charge is 0.139 e. The van der Waals surface area contributed by atoms with Crippen LogP contribution in [0.5, 0.6) is 5.75 Å². The average Bonchev–Trinajstić information content (AvgIpc) is 2.98. The summed E-state index contributed by atoms with van der Waals surface area (Å²) in [5.74, 6) is 1.17. The van der Waals surface area contributed by atoms with Crippen molar-refractivity contribution < 1.29 is 9.84 Å². The summed E-state index contributed by atoms with van der Waals surface area (Å²) in [7, 11) is 1.61. The predicted molar refractivity (Wildman–Crippen MR) is 89.2 cm³/mol. The van der Waals surface area contributed by atoms with Gasteiger partial charge in [0.2, 0.25) is 0 Å². The van der Waals surface area contributed by atoms with Crippen LogP contribution in [0.3, 0.4) is 0 Å². The van der Waals surface area contributed by atoms with Crippen LogP contribution in [0.4, 0.5) is 5.69 Å². The Labute approximate surface area is 133 Å². The van der Waals surface area contributed by atoms with Gasteiger partial charge in [-0.05, 0) is 26.0 Å². The molecule has 1 aliphatic heterocycles. The second kappa shape index (κ2) is 5.46. The molecule has 0 saturated heterocycles. The first kappa shape index (κ1) is 14.6. The fourth-order valence-corrected chi connectivity index (χ4v) is 3.37. The second-order valence-electron chi connectivity index (χ2n) is 5.12. The van der Waals surface area contributed by atoms with Gasteiger partial charge in [-0.1, -0.05) is 6.07 Å². The Hall–Kier alpha value is -2.34. The molecular formula is C16H17N3O2S. The molecule has 3 rings (SSSR count). The minimum atomic E-state index is 0.182. The van der Waals surface area contributed by atoms with Crippen molar-refractivity contribution in [2.24, 2.45) is 0 Å². The number of aryl methyl sites for hydroxylation is 2. The van der Waals surface area contributed by atoms with Gasteiger partial charge >= 0.3 is 0 Å². The minimum absolute atomic E-state index is 0.182. The zero-order chi connectivity index (χ0) is 15.9. The van der Waals surface area contributed by atoms with Crippen LogP contribution in [0.1, 0.15) is 15.6 Å². The van der Waals surface area contributed by atoms with Crippen LogP contribution in [0, 0.1) is 19.3 Å². The molecule has 114 valence electrons. The van der Waals surface area contributed by atoms with E-state index in [1.165, 1.54) is 11.3 Å². The highest BCUT2D eigenvalue weighted by atomic mass is 32.1. The Bertz CT molecular complexity index is 760. The van der Waals surface area contributed by atoms with E-state index >= 15 is 0 Å². The molecule has 0 bridgehead atoms. The van der Waals surface area contributed by atoms with Crippen LogP contribution in [0.25, 0.3) is 5.57 Å². The topological polar surface area (TPSA) is 69.4 Å². The molecule has 1 aromatic heterocycles. The van der Waals surface area contributed by atoms with Crippen molar-refractivity contribution in [1.29, 1.82) is 5.41 Å². The Morgan fingerprint density at radius 3 is 2.77 bits per heavy atom. The van der Waals surface area contributed by atoms with Crippen LogP contribution in [0.2, 0.25) is 0 Å². The van der Waals surface area contributed by atoms with Crippen LogP contribution in [0.15, 0.2) is 30.0 Å². The number of aliphatic hydroxyl groups excluding tert-OH is 1. The van der Waals surface area contributed by atoms with Crippen molar-refractivity contribution in [1.82, 2.24) is 4.98 Å². The van der Waals surface area contributed by atoms with Gasteiger partial charge < -0.3 is 14.7 Å². The van der Waals surface area contributed by atoms with Gasteiger partial charge in [0.1, 0.15) is 22.4 Å². The maximum absolute atomic E-state index is 10.3. The molecule has 0 fully saturated rings. The van der Waals surface area contributed by atoms with E-state index in [4.69, 9.17) is 10.1 Å². The molecule has 0 amide bonds. The zero-order valence-corrected chi connectivity index (χ0v) is 13.5. The summed E-state index contributed by atoms with van der Waals surface area (Å²) in [5.41, 5.74) is 2.27. The zero-order valence-electron chi connectivity index (χ0n) is 12.7.